The van der Waals surface area contributed by atoms with Crippen molar-refractivity contribution in [1.82, 2.24) is 0 Å². The van der Waals surface area contributed by atoms with E-state index in [9.17, 15) is 29.4 Å². The van der Waals surface area contributed by atoms with E-state index >= 15 is 0 Å². The third kappa shape index (κ3) is 6.87. The molecule has 0 atom stereocenters. The average molecular weight is 481 g/mol. The summed E-state index contributed by atoms with van der Waals surface area (Å²) in [5.41, 5.74) is 0.0707. The molecular weight excluding hydrogens is 444 g/mol. The van der Waals surface area contributed by atoms with E-state index in [0.29, 0.717) is 12.8 Å². The van der Waals surface area contributed by atoms with Crippen LogP contribution in [0.2, 0.25) is 0 Å². The summed E-state index contributed by atoms with van der Waals surface area (Å²) in [7, 11) is 0. The van der Waals surface area contributed by atoms with Crippen molar-refractivity contribution in [2.45, 2.75) is 67.2 Å². The van der Waals surface area contributed by atoms with Gasteiger partial charge in [0, 0.05) is 0 Å². The molecule has 6 heteroatoms. The van der Waals surface area contributed by atoms with Crippen LogP contribution in [0, 0.1) is 16.2 Å². The van der Waals surface area contributed by atoms with Gasteiger partial charge >= 0.3 is 11.9 Å². The average Bonchev–Trinajstić information content (AvgIpc) is 2.72. The summed E-state index contributed by atoms with van der Waals surface area (Å²) in [6, 6.07) is 14.8. The van der Waals surface area contributed by atoms with E-state index < -0.39 is 28.2 Å². The first kappa shape index (κ1) is 28.0. The van der Waals surface area contributed by atoms with Gasteiger partial charge in [0.25, 0.3) is 0 Å². The van der Waals surface area contributed by atoms with Crippen LogP contribution < -0.4 is 0 Å². The molecule has 0 bridgehead atoms. The van der Waals surface area contributed by atoms with E-state index in [1.165, 1.54) is 13.8 Å². The van der Waals surface area contributed by atoms with E-state index in [-0.39, 0.29) is 24.4 Å². The molecule has 0 radical (unpaired) electrons. The van der Waals surface area contributed by atoms with Crippen LogP contribution in [0.4, 0.5) is 0 Å². The largest absolute Gasteiger partial charge is 0.481 e. The fourth-order valence-electron chi connectivity index (χ4n) is 4.38. The Hall–Kier alpha value is -3.28. The topological polar surface area (TPSA) is 109 Å². The maximum Gasteiger partial charge on any atom is 0.309 e. The Morgan fingerprint density at radius 2 is 0.886 bits per heavy atom. The molecule has 0 fully saturated rings. The third-order valence-corrected chi connectivity index (χ3v) is 6.79. The number of ketones is 2. The van der Waals surface area contributed by atoms with Crippen LogP contribution in [-0.4, -0.2) is 33.7 Å². The number of carbonyl (C=O) groups is 4. The van der Waals surface area contributed by atoms with Gasteiger partial charge in [-0.25, -0.2) is 0 Å². The molecule has 0 heterocycles. The van der Waals surface area contributed by atoms with Gasteiger partial charge in [-0.2, -0.15) is 0 Å². The summed E-state index contributed by atoms with van der Waals surface area (Å²) >= 11 is 0. The SMILES string of the molecule is CC(=O)C(Cc1cccc(CC(C)(C)C(=O)O)c1)(Cc1cccc(CC(C)(C)C(=O)O)c1)C(C)=O. The van der Waals surface area contributed by atoms with Crippen LogP contribution in [0.3, 0.4) is 0 Å². The zero-order valence-electron chi connectivity index (χ0n) is 21.5. The summed E-state index contributed by atoms with van der Waals surface area (Å²) in [6.45, 7) is 9.50. The van der Waals surface area contributed by atoms with E-state index in [4.69, 9.17) is 0 Å². The van der Waals surface area contributed by atoms with Crippen molar-refractivity contribution in [2.75, 3.05) is 0 Å². The summed E-state index contributed by atoms with van der Waals surface area (Å²) < 4.78 is 0. The van der Waals surface area contributed by atoms with Crippen molar-refractivity contribution >= 4 is 23.5 Å². The summed E-state index contributed by atoms with van der Waals surface area (Å²) in [5.74, 6) is -2.26. The van der Waals surface area contributed by atoms with Gasteiger partial charge in [-0.15, -0.1) is 0 Å². The number of aliphatic carboxylic acids is 2. The molecule has 2 N–H and O–H groups in total. The minimum Gasteiger partial charge on any atom is -0.481 e. The van der Waals surface area contributed by atoms with Crippen LogP contribution in [0.15, 0.2) is 48.5 Å². The molecule has 0 amide bonds. The Bertz CT molecular complexity index is 1040. The number of hydrogen-bond donors (Lipinski definition) is 2. The molecule has 2 rings (SSSR count). The van der Waals surface area contributed by atoms with Gasteiger partial charge in [-0.3, -0.25) is 19.2 Å². The van der Waals surface area contributed by atoms with E-state index in [2.05, 4.69) is 0 Å². The highest BCUT2D eigenvalue weighted by Crippen LogP contribution is 2.33. The Morgan fingerprint density at radius 3 is 1.14 bits per heavy atom. The lowest BCUT2D eigenvalue weighted by Crippen LogP contribution is -2.41. The van der Waals surface area contributed by atoms with E-state index in [1.54, 1.807) is 27.7 Å². The van der Waals surface area contributed by atoms with Crippen molar-refractivity contribution in [3.63, 3.8) is 0 Å². The maximum atomic E-state index is 12.9. The second kappa shape index (κ2) is 10.5. The third-order valence-electron chi connectivity index (χ3n) is 6.79. The Morgan fingerprint density at radius 1 is 0.600 bits per heavy atom. The van der Waals surface area contributed by atoms with Crippen LogP contribution in [0.5, 0.6) is 0 Å². The summed E-state index contributed by atoms with van der Waals surface area (Å²) in [5, 5.41) is 18.9. The second-order valence-electron chi connectivity index (χ2n) is 10.9. The quantitative estimate of drug-likeness (QED) is 0.417. The Labute approximate surface area is 207 Å². The van der Waals surface area contributed by atoms with Gasteiger partial charge < -0.3 is 10.2 Å². The molecule has 6 nitrogen and oxygen atoms in total. The van der Waals surface area contributed by atoms with Crippen molar-refractivity contribution < 1.29 is 29.4 Å². The van der Waals surface area contributed by atoms with Gasteiger partial charge in [0.1, 0.15) is 11.6 Å². The molecule has 0 spiro atoms. The van der Waals surface area contributed by atoms with Crippen LogP contribution in [-0.2, 0) is 44.9 Å². The summed E-state index contributed by atoms with van der Waals surface area (Å²) in [4.78, 5) is 49.0. The molecule has 0 unspecified atom stereocenters. The van der Waals surface area contributed by atoms with Crippen molar-refractivity contribution in [3.8, 4) is 0 Å². The number of carbonyl (C=O) groups excluding carboxylic acids is 2. The zero-order chi connectivity index (χ0) is 26.6. The lowest BCUT2D eigenvalue weighted by Gasteiger charge is -2.30. The molecule has 0 saturated carbocycles. The zero-order valence-corrected chi connectivity index (χ0v) is 21.5. The highest BCUT2D eigenvalue weighted by Gasteiger charge is 2.41. The number of carboxylic acid groups (broad SMARTS) is 2. The van der Waals surface area contributed by atoms with Gasteiger partial charge in [-0.1, -0.05) is 48.5 Å². The van der Waals surface area contributed by atoms with Crippen molar-refractivity contribution in [2.24, 2.45) is 16.2 Å². The van der Waals surface area contributed by atoms with E-state index in [1.807, 2.05) is 48.5 Å². The molecule has 0 aliphatic rings. The molecule has 188 valence electrons. The number of benzene rings is 2. The van der Waals surface area contributed by atoms with Gasteiger partial charge in [0.2, 0.25) is 0 Å². The predicted octanol–water partition coefficient (Wildman–Crippen LogP) is 4.94. The minimum absolute atomic E-state index is 0.198. The lowest BCUT2D eigenvalue weighted by atomic mass is 9.70. The fourth-order valence-corrected chi connectivity index (χ4v) is 4.38. The van der Waals surface area contributed by atoms with Crippen molar-refractivity contribution in [1.29, 1.82) is 0 Å². The number of rotatable bonds is 12. The van der Waals surface area contributed by atoms with Gasteiger partial charge in [0.15, 0.2) is 0 Å². The Balaban J connectivity index is 2.40. The minimum atomic E-state index is -1.28. The van der Waals surface area contributed by atoms with Crippen molar-refractivity contribution in [3.05, 3.63) is 70.8 Å². The smallest absolute Gasteiger partial charge is 0.309 e. The van der Waals surface area contributed by atoms with Gasteiger partial charge in [0.05, 0.1) is 16.2 Å². The molecule has 35 heavy (non-hydrogen) atoms. The van der Waals surface area contributed by atoms with Crippen LogP contribution in [0.25, 0.3) is 0 Å². The van der Waals surface area contributed by atoms with Crippen LogP contribution >= 0.6 is 0 Å². The molecule has 0 aromatic heterocycles. The normalized spacial score (nSPS) is 12.3. The highest BCUT2D eigenvalue weighted by molar-refractivity contribution is 6.05. The molecule has 0 aliphatic carbocycles. The Kier molecular flexibility index (Phi) is 8.43. The highest BCUT2D eigenvalue weighted by atomic mass is 16.4. The number of hydrogen-bond acceptors (Lipinski definition) is 4. The molecule has 0 saturated heterocycles. The lowest BCUT2D eigenvalue weighted by molar-refractivity contribution is -0.147. The molecule has 2 aromatic rings. The van der Waals surface area contributed by atoms with Crippen LogP contribution in [0.1, 0.15) is 63.8 Å². The van der Waals surface area contributed by atoms with Gasteiger partial charge in [-0.05, 0) is 89.5 Å². The first-order chi connectivity index (χ1) is 16.1. The summed E-state index contributed by atoms with van der Waals surface area (Å²) in [6.07, 6.45) is 1.04. The molecule has 0 aliphatic heterocycles. The fraction of sp³-hybridized carbons (Fsp3) is 0.448. The maximum absolute atomic E-state index is 12.9. The second-order valence-corrected chi connectivity index (χ2v) is 10.9. The monoisotopic (exact) mass is 480 g/mol. The first-order valence-corrected chi connectivity index (χ1v) is 11.7. The first-order valence-electron chi connectivity index (χ1n) is 11.7. The van der Waals surface area contributed by atoms with E-state index in [0.717, 1.165) is 22.3 Å². The standard InChI is InChI=1S/C29H36O6/c1-19(30)29(20(2)31,17-23-11-7-9-21(13-23)15-27(3,4)25(32)33)18-24-12-8-10-22(14-24)16-28(5,6)26(34)35/h7-14H,15-18H2,1-6H3,(H,32,33)(H,34,35). The predicted molar refractivity (Wildman–Crippen MR) is 134 cm³/mol. The molecular formula is C29H36O6. The molecule has 2 aromatic carbocycles. The number of carboxylic acids is 2. The number of Topliss-reactive ketones (excluding diaryl/α,β-unsaturated/α-hetero) is 2.